The van der Waals surface area contributed by atoms with Crippen molar-refractivity contribution in [3.8, 4) is 0 Å². The second kappa shape index (κ2) is 59.4. The average molecular weight is 1270 g/mol. The van der Waals surface area contributed by atoms with Crippen LogP contribution in [0.1, 0.15) is 337 Å². The number of hydrogen-bond donors (Lipinski definition) is 3. The molecule has 0 heterocycles. The van der Waals surface area contributed by atoms with Gasteiger partial charge in [0.2, 0.25) is 0 Å². The highest BCUT2D eigenvalue weighted by molar-refractivity contribution is 7.47. The van der Waals surface area contributed by atoms with Crippen molar-refractivity contribution in [2.75, 3.05) is 39.6 Å². The third kappa shape index (κ3) is 60.9. The maximum absolute atomic E-state index is 13.0. The summed E-state index contributed by atoms with van der Waals surface area (Å²) in [4.78, 5) is 72.3. The van der Waals surface area contributed by atoms with Gasteiger partial charge >= 0.3 is 39.5 Å². The first kappa shape index (κ1) is 84.1. The minimum atomic E-state index is -4.95. The van der Waals surface area contributed by atoms with Gasteiger partial charge in [-0.15, -0.1) is 0 Å². The van der Waals surface area contributed by atoms with Crippen molar-refractivity contribution in [2.45, 2.75) is 355 Å². The molecule has 0 spiro atoms. The number of carbonyl (C=O) groups is 4. The number of rotatable bonds is 66. The highest BCUT2D eigenvalue weighted by atomic mass is 31.2. The van der Waals surface area contributed by atoms with Gasteiger partial charge < -0.3 is 33.8 Å². The van der Waals surface area contributed by atoms with Gasteiger partial charge in [0.1, 0.15) is 19.3 Å². The van der Waals surface area contributed by atoms with E-state index in [4.69, 9.17) is 37.0 Å². The minimum absolute atomic E-state index is 0.105. The number of aliphatic hydroxyl groups is 1. The quantitative estimate of drug-likeness (QED) is 0.0222. The summed E-state index contributed by atoms with van der Waals surface area (Å²) >= 11 is 0. The van der Waals surface area contributed by atoms with Crippen molar-refractivity contribution in [3.05, 3.63) is 0 Å². The molecule has 0 aromatic rings. The molecule has 3 N–H and O–H groups in total. The molecule has 17 nitrogen and oxygen atoms in total. The van der Waals surface area contributed by atoms with E-state index in [0.717, 1.165) is 108 Å². The lowest BCUT2D eigenvalue weighted by Crippen LogP contribution is -2.30. The van der Waals surface area contributed by atoms with E-state index < -0.39 is 97.5 Å². The van der Waals surface area contributed by atoms with Gasteiger partial charge in [-0.3, -0.25) is 37.3 Å². The summed E-state index contributed by atoms with van der Waals surface area (Å²) in [5.41, 5.74) is 0. The van der Waals surface area contributed by atoms with Crippen LogP contribution in [0.2, 0.25) is 0 Å². The van der Waals surface area contributed by atoms with E-state index in [9.17, 15) is 43.2 Å². The maximum Gasteiger partial charge on any atom is 0.472 e. The van der Waals surface area contributed by atoms with E-state index in [1.807, 2.05) is 0 Å². The summed E-state index contributed by atoms with van der Waals surface area (Å²) in [5, 5.41) is 10.5. The Balaban J connectivity index is 5.21. The molecular weight excluding hydrogens is 1140 g/mol. The van der Waals surface area contributed by atoms with Crippen molar-refractivity contribution < 1.29 is 80.2 Å². The van der Waals surface area contributed by atoms with Crippen LogP contribution in [-0.4, -0.2) is 96.7 Å². The second-order valence-electron chi connectivity index (χ2n) is 25.2. The molecular formula is C67H130O17P2. The zero-order valence-corrected chi connectivity index (χ0v) is 57.4. The molecule has 0 bridgehead atoms. The molecule has 5 atom stereocenters. The largest absolute Gasteiger partial charge is 0.472 e. The fraction of sp³-hybridized carbons (Fsp3) is 0.940. The van der Waals surface area contributed by atoms with Crippen molar-refractivity contribution in [1.82, 2.24) is 0 Å². The van der Waals surface area contributed by atoms with Crippen molar-refractivity contribution >= 4 is 39.5 Å². The second-order valence-corrected chi connectivity index (χ2v) is 28.1. The van der Waals surface area contributed by atoms with Gasteiger partial charge in [-0.2, -0.15) is 0 Å². The molecule has 0 amide bonds. The number of aliphatic hydroxyl groups excluding tert-OH is 1. The maximum atomic E-state index is 13.0. The van der Waals surface area contributed by atoms with E-state index in [1.54, 1.807) is 0 Å². The highest BCUT2D eigenvalue weighted by Crippen LogP contribution is 2.45. The molecule has 19 heteroatoms. The zero-order valence-electron chi connectivity index (χ0n) is 55.6. The number of hydrogen-bond acceptors (Lipinski definition) is 15. The molecule has 0 saturated heterocycles. The van der Waals surface area contributed by atoms with Crippen LogP contribution in [0, 0.1) is 11.8 Å². The van der Waals surface area contributed by atoms with Crippen LogP contribution in [0.15, 0.2) is 0 Å². The van der Waals surface area contributed by atoms with Crippen LogP contribution in [0.4, 0.5) is 0 Å². The van der Waals surface area contributed by atoms with Crippen LogP contribution >= 0.6 is 15.6 Å². The molecule has 510 valence electrons. The summed E-state index contributed by atoms with van der Waals surface area (Å²) < 4.78 is 68.0. The molecule has 0 aromatic heterocycles. The number of unbranched alkanes of at least 4 members (excludes halogenated alkanes) is 36. The van der Waals surface area contributed by atoms with Crippen LogP contribution in [0.25, 0.3) is 0 Å². The van der Waals surface area contributed by atoms with Gasteiger partial charge in [0, 0.05) is 25.7 Å². The lowest BCUT2D eigenvalue weighted by Gasteiger charge is -2.21. The van der Waals surface area contributed by atoms with E-state index >= 15 is 0 Å². The van der Waals surface area contributed by atoms with Crippen molar-refractivity contribution in [3.63, 3.8) is 0 Å². The van der Waals surface area contributed by atoms with Crippen LogP contribution in [0.3, 0.4) is 0 Å². The predicted octanol–water partition coefficient (Wildman–Crippen LogP) is 18.8. The van der Waals surface area contributed by atoms with E-state index in [2.05, 4.69) is 41.5 Å². The van der Waals surface area contributed by atoms with Gasteiger partial charge in [0.25, 0.3) is 0 Å². The third-order valence-corrected chi connectivity index (χ3v) is 17.4. The van der Waals surface area contributed by atoms with Crippen LogP contribution < -0.4 is 0 Å². The summed E-state index contributed by atoms with van der Waals surface area (Å²) in [6.45, 7) is 9.49. The van der Waals surface area contributed by atoms with E-state index in [-0.39, 0.29) is 25.7 Å². The Labute approximate surface area is 524 Å². The number of carbonyl (C=O) groups excluding carboxylic acids is 4. The zero-order chi connectivity index (χ0) is 63.6. The molecule has 0 aliphatic rings. The van der Waals surface area contributed by atoms with E-state index in [0.29, 0.717) is 25.7 Å². The first-order valence-corrected chi connectivity index (χ1v) is 38.0. The highest BCUT2D eigenvalue weighted by Gasteiger charge is 2.30. The normalized spacial score (nSPS) is 14.2. The first-order valence-electron chi connectivity index (χ1n) is 35.0. The smallest absolute Gasteiger partial charge is 0.462 e. The number of esters is 4. The van der Waals surface area contributed by atoms with Gasteiger partial charge in [0.05, 0.1) is 26.4 Å². The minimum Gasteiger partial charge on any atom is -0.462 e. The number of ether oxygens (including phenoxy) is 4. The Morgan fingerprint density at radius 1 is 0.314 bits per heavy atom. The predicted molar refractivity (Wildman–Crippen MR) is 345 cm³/mol. The SMILES string of the molecule is CCCCCCCCCCCC(=O)O[C@H](COC(=O)CCCCCCCCCC)COP(=O)(O)OC[C@H](O)COP(=O)(O)OC[C@@H](COC(=O)CCCCCCCCCCCCC(C)C)OC(=O)CCCCCCCCCCCCCCCC(C)C. The number of phosphoric ester groups is 2. The standard InChI is InChI=1S/C67H130O17P2/c1-7-9-11-13-15-24-33-39-45-51-66(71)83-62(55-77-64(69)49-43-37-31-16-14-12-10-8-2)57-81-85(73,74)79-53-61(68)54-80-86(75,76)82-58-63(56-78-65(70)50-44-38-32-27-23-22-26-30-36-42-48-60(5)6)84-67(72)52-46-40-34-28-21-19-17-18-20-25-29-35-41-47-59(3)4/h59-63,68H,7-58H2,1-6H3,(H,73,74)(H,75,76)/t61-,62+,63+/m0/s1. The fourth-order valence-corrected chi connectivity index (χ4v) is 11.6. The molecule has 0 radical (unpaired) electrons. The summed E-state index contributed by atoms with van der Waals surface area (Å²) in [7, 11) is -9.89. The summed E-state index contributed by atoms with van der Waals surface area (Å²) in [5.74, 6) is -0.587. The molecule has 86 heavy (non-hydrogen) atoms. The van der Waals surface area contributed by atoms with E-state index in [1.165, 1.54) is 148 Å². The Bertz CT molecular complexity index is 1680. The van der Waals surface area contributed by atoms with Crippen LogP contribution in [0.5, 0.6) is 0 Å². The topological polar surface area (TPSA) is 237 Å². The molecule has 0 aliphatic carbocycles. The molecule has 0 fully saturated rings. The Morgan fingerprint density at radius 3 is 0.791 bits per heavy atom. The van der Waals surface area contributed by atoms with Crippen molar-refractivity contribution in [2.24, 2.45) is 11.8 Å². The number of phosphoric acid groups is 2. The molecule has 2 unspecified atom stereocenters. The third-order valence-electron chi connectivity index (χ3n) is 15.5. The van der Waals surface area contributed by atoms with Gasteiger partial charge in [-0.05, 0) is 37.5 Å². The molecule has 0 aromatic carbocycles. The summed E-state index contributed by atoms with van der Waals surface area (Å²) in [6, 6.07) is 0. The lowest BCUT2D eigenvalue weighted by atomic mass is 10.0. The Hall–Kier alpha value is -1.94. The van der Waals surface area contributed by atoms with Gasteiger partial charge in [-0.1, -0.05) is 286 Å². The molecule has 0 aliphatic heterocycles. The van der Waals surface area contributed by atoms with Gasteiger partial charge in [-0.25, -0.2) is 9.13 Å². The Morgan fingerprint density at radius 2 is 0.535 bits per heavy atom. The monoisotopic (exact) mass is 1270 g/mol. The Kier molecular flexibility index (Phi) is 58.0. The molecule has 0 saturated carbocycles. The average Bonchev–Trinajstić information content (AvgIpc) is 3.65. The van der Waals surface area contributed by atoms with Crippen molar-refractivity contribution in [1.29, 1.82) is 0 Å². The van der Waals surface area contributed by atoms with Gasteiger partial charge in [0.15, 0.2) is 12.2 Å². The lowest BCUT2D eigenvalue weighted by molar-refractivity contribution is -0.161. The first-order chi connectivity index (χ1) is 41.4. The fourth-order valence-electron chi connectivity index (χ4n) is 10.1. The van der Waals surface area contributed by atoms with Crippen LogP contribution in [-0.2, 0) is 65.4 Å². The molecule has 0 rings (SSSR count). The summed E-state index contributed by atoms with van der Waals surface area (Å²) in [6.07, 6.45) is 43.1.